The number of carbonyl (C=O) groups excluding carboxylic acids is 1. The van der Waals surface area contributed by atoms with Crippen LogP contribution in [0.4, 0.5) is 0 Å². The van der Waals surface area contributed by atoms with Crippen molar-refractivity contribution in [3.05, 3.63) is 36.2 Å². The number of H-pyrrole nitrogens is 1. The summed E-state index contributed by atoms with van der Waals surface area (Å²) in [5.41, 5.74) is 1.37. The summed E-state index contributed by atoms with van der Waals surface area (Å²) in [5, 5.41) is 0. The number of rotatable bonds is 4. The molecule has 0 aliphatic heterocycles. The van der Waals surface area contributed by atoms with Crippen LogP contribution in [0.15, 0.2) is 30.5 Å². The zero-order valence-electron chi connectivity index (χ0n) is 9.86. The van der Waals surface area contributed by atoms with Crippen molar-refractivity contribution in [3.8, 4) is 17.1 Å². The summed E-state index contributed by atoms with van der Waals surface area (Å²) >= 11 is 0. The molecule has 0 spiro atoms. The molecule has 1 aromatic carbocycles. The summed E-state index contributed by atoms with van der Waals surface area (Å²) in [6.07, 6.45) is 1.54. The van der Waals surface area contributed by atoms with Crippen LogP contribution in [0, 0.1) is 0 Å². The van der Waals surface area contributed by atoms with Gasteiger partial charge in [-0.1, -0.05) is 12.1 Å². The number of hydrogen-bond donors (Lipinski definition) is 1. The minimum atomic E-state index is -0.0300. The molecule has 0 saturated heterocycles. The average Bonchev–Trinajstić information content (AvgIpc) is 2.79. The fourth-order valence-corrected chi connectivity index (χ4v) is 1.58. The van der Waals surface area contributed by atoms with Crippen LogP contribution in [0.1, 0.15) is 24.3 Å². The van der Waals surface area contributed by atoms with Crippen molar-refractivity contribution in [2.24, 2.45) is 0 Å². The van der Waals surface area contributed by atoms with E-state index in [4.69, 9.17) is 4.74 Å². The first kappa shape index (κ1) is 11.4. The van der Waals surface area contributed by atoms with E-state index in [1.807, 2.05) is 31.2 Å². The van der Waals surface area contributed by atoms with Gasteiger partial charge in [0.25, 0.3) is 0 Å². The van der Waals surface area contributed by atoms with Crippen LogP contribution >= 0.6 is 0 Å². The number of imidazole rings is 1. The Morgan fingerprint density at radius 3 is 2.82 bits per heavy atom. The molecule has 88 valence electrons. The van der Waals surface area contributed by atoms with Gasteiger partial charge in [0.1, 0.15) is 17.3 Å². The van der Waals surface area contributed by atoms with E-state index in [1.54, 1.807) is 6.20 Å². The van der Waals surface area contributed by atoms with Gasteiger partial charge in [-0.25, -0.2) is 4.98 Å². The summed E-state index contributed by atoms with van der Waals surface area (Å²) in [6.45, 7) is 4.03. The minimum absolute atomic E-state index is 0.0300. The highest BCUT2D eigenvalue weighted by Gasteiger charge is 2.10. The van der Waals surface area contributed by atoms with Crippen molar-refractivity contribution in [1.29, 1.82) is 0 Å². The molecule has 0 fully saturated rings. The van der Waals surface area contributed by atoms with Gasteiger partial charge in [0.15, 0.2) is 5.78 Å². The smallest absolute Gasteiger partial charge is 0.177 e. The summed E-state index contributed by atoms with van der Waals surface area (Å²) < 4.78 is 5.52. The Kier molecular flexibility index (Phi) is 3.23. The topological polar surface area (TPSA) is 55.0 Å². The van der Waals surface area contributed by atoms with Crippen LogP contribution in [0.5, 0.6) is 5.75 Å². The minimum Gasteiger partial charge on any atom is -0.493 e. The molecule has 0 atom stereocenters. The quantitative estimate of drug-likeness (QED) is 0.821. The number of aromatic amines is 1. The molecule has 0 radical (unpaired) electrons. The maximum Gasteiger partial charge on any atom is 0.177 e. The molecule has 0 bridgehead atoms. The van der Waals surface area contributed by atoms with Crippen molar-refractivity contribution in [1.82, 2.24) is 9.97 Å². The second kappa shape index (κ2) is 4.82. The summed E-state index contributed by atoms with van der Waals surface area (Å²) in [6, 6.07) is 7.61. The molecule has 0 amide bonds. The van der Waals surface area contributed by atoms with Crippen LogP contribution in [-0.4, -0.2) is 22.4 Å². The van der Waals surface area contributed by atoms with Gasteiger partial charge in [0.05, 0.1) is 18.4 Å². The lowest BCUT2D eigenvalue weighted by molar-refractivity contribution is 0.101. The molecule has 2 aromatic rings. The number of hydrogen-bond acceptors (Lipinski definition) is 3. The largest absolute Gasteiger partial charge is 0.493 e. The highest BCUT2D eigenvalue weighted by Crippen LogP contribution is 2.27. The number of ketones is 1. The van der Waals surface area contributed by atoms with Crippen molar-refractivity contribution >= 4 is 5.78 Å². The van der Waals surface area contributed by atoms with Crippen LogP contribution in [0.25, 0.3) is 11.4 Å². The van der Waals surface area contributed by atoms with E-state index in [-0.39, 0.29) is 5.78 Å². The number of nitrogens with one attached hydrogen (secondary N) is 1. The Balaban J connectivity index is 2.41. The molecular weight excluding hydrogens is 216 g/mol. The van der Waals surface area contributed by atoms with Gasteiger partial charge in [-0.2, -0.15) is 0 Å². The normalized spacial score (nSPS) is 10.2. The first-order valence-electron chi connectivity index (χ1n) is 5.50. The third-order valence-corrected chi connectivity index (χ3v) is 2.40. The summed E-state index contributed by atoms with van der Waals surface area (Å²) in [4.78, 5) is 18.4. The van der Waals surface area contributed by atoms with E-state index >= 15 is 0 Å². The van der Waals surface area contributed by atoms with E-state index in [9.17, 15) is 4.79 Å². The number of ether oxygens (including phenoxy) is 1. The van der Waals surface area contributed by atoms with Crippen LogP contribution < -0.4 is 4.74 Å². The molecule has 2 rings (SSSR count). The van der Waals surface area contributed by atoms with Crippen molar-refractivity contribution in [2.45, 2.75) is 13.8 Å². The van der Waals surface area contributed by atoms with Gasteiger partial charge in [-0.15, -0.1) is 0 Å². The molecule has 1 aromatic heterocycles. The predicted molar refractivity (Wildman–Crippen MR) is 65.2 cm³/mol. The lowest BCUT2D eigenvalue weighted by atomic mass is 10.2. The summed E-state index contributed by atoms with van der Waals surface area (Å²) in [7, 11) is 0. The number of carbonyl (C=O) groups is 1. The Morgan fingerprint density at radius 1 is 1.41 bits per heavy atom. The molecule has 4 heteroatoms. The molecule has 0 unspecified atom stereocenters. The van der Waals surface area contributed by atoms with Crippen LogP contribution in [0.2, 0.25) is 0 Å². The zero-order valence-corrected chi connectivity index (χ0v) is 9.86. The van der Waals surface area contributed by atoms with Crippen molar-refractivity contribution < 1.29 is 9.53 Å². The third kappa shape index (κ3) is 2.36. The zero-order chi connectivity index (χ0) is 12.3. The van der Waals surface area contributed by atoms with Gasteiger partial charge < -0.3 is 9.72 Å². The number of para-hydroxylation sites is 1. The Hall–Kier alpha value is -2.10. The van der Waals surface area contributed by atoms with Gasteiger partial charge in [0.2, 0.25) is 0 Å². The van der Waals surface area contributed by atoms with Gasteiger partial charge >= 0.3 is 0 Å². The van der Waals surface area contributed by atoms with Gasteiger partial charge in [-0.3, -0.25) is 4.79 Å². The highest BCUT2D eigenvalue weighted by molar-refractivity contribution is 5.92. The van der Waals surface area contributed by atoms with Crippen LogP contribution in [0.3, 0.4) is 0 Å². The number of benzene rings is 1. The van der Waals surface area contributed by atoms with Crippen LogP contribution in [-0.2, 0) is 0 Å². The highest BCUT2D eigenvalue weighted by atomic mass is 16.5. The van der Waals surface area contributed by atoms with Gasteiger partial charge in [-0.05, 0) is 19.1 Å². The second-order valence-corrected chi connectivity index (χ2v) is 3.63. The van der Waals surface area contributed by atoms with E-state index in [0.29, 0.717) is 18.1 Å². The first-order chi connectivity index (χ1) is 8.22. The van der Waals surface area contributed by atoms with E-state index in [0.717, 1.165) is 11.3 Å². The fraction of sp³-hybridized carbons (Fsp3) is 0.231. The van der Waals surface area contributed by atoms with E-state index < -0.39 is 0 Å². The first-order valence-corrected chi connectivity index (χ1v) is 5.50. The molecule has 0 saturated carbocycles. The lowest BCUT2D eigenvalue weighted by Gasteiger charge is -2.07. The molecule has 1 N–H and O–H groups in total. The summed E-state index contributed by atoms with van der Waals surface area (Å²) in [5.74, 6) is 1.39. The van der Waals surface area contributed by atoms with E-state index in [2.05, 4.69) is 9.97 Å². The molecule has 1 heterocycles. The molecule has 0 aliphatic rings. The second-order valence-electron chi connectivity index (χ2n) is 3.63. The Labute approximate surface area is 99.7 Å². The molecule has 17 heavy (non-hydrogen) atoms. The number of nitrogens with zero attached hydrogens (tertiary/aromatic N) is 1. The number of aromatic nitrogens is 2. The standard InChI is InChI=1S/C13H14N2O2/c1-3-17-12-7-5-4-6-10(12)13-14-8-11(15-13)9(2)16/h4-8H,3H2,1-2H3,(H,14,15). The molecule has 4 nitrogen and oxygen atoms in total. The fourth-order valence-electron chi connectivity index (χ4n) is 1.58. The number of Topliss-reactive ketones (excluding diaryl/α,β-unsaturated/α-hetero) is 1. The maximum absolute atomic E-state index is 11.2. The lowest BCUT2D eigenvalue weighted by Crippen LogP contribution is -1.95. The Morgan fingerprint density at radius 2 is 2.18 bits per heavy atom. The Bertz CT molecular complexity index is 532. The molecular formula is C13H14N2O2. The van der Waals surface area contributed by atoms with Gasteiger partial charge in [0, 0.05) is 6.92 Å². The predicted octanol–water partition coefficient (Wildman–Crippen LogP) is 2.68. The SMILES string of the molecule is CCOc1ccccc1-c1ncc(C(C)=O)[nH]1. The molecule has 0 aliphatic carbocycles. The van der Waals surface area contributed by atoms with Crippen molar-refractivity contribution in [3.63, 3.8) is 0 Å². The van der Waals surface area contributed by atoms with E-state index in [1.165, 1.54) is 6.92 Å². The average molecular weight is 230 g/mol. The maximum atomic E-state index is 11.2. The van der Waals surface area contributed by atoms with Crippen molar-refractivity contribution in [2.75, 3.05) is 6.61 Å². The third-order valence-electron chi connectivity index (χ3n) is 2.40. The monoisotopic (exact) mass is 230 g/mol.